The lowest BCUT2D eigenvalue weighted by Gasteiger charge is -2.20. The molecule has 0 aliphatic carbocycles. The number of nitrogens with two attached hydrogens (primary N) is 1. The van der Waals surface area contributed by atoms with Crippen molar-refractivity contribution in [1.82, 2.24) is 5.32 Å². The standard InChI is InChI=1S/C14H25N3O3S/c1-6-16-13(18)12-10(15)11(20-9(2)3)14(21-12)17(4)7-8-19-5/h9H,6-8,15H2,1-5H3,(H,16,18). The maximum atomic E-state index is 12.1. The van der Waals surface area contributed by atoms with Crippen molar-refractivity contribution in [2.45, 2.75) is 26.9 Å². The maximum Gasteiger partial charge on any atom is 0.263 e. The highest BCUT2D eigenvalue weighted by Gasteiger charge is 2.24. The molecule has 0 saturated heterocycles. The molecule has 0 bridgehead atoms. The summed E-state index contributed by atoms with van der Waals surface area (Å²) in [6.07, 6.45) is -0.0152. The van der Waals surface area contributed by atoms with E-state index in [-0.39, 0.29) is 12.0 Å². The molecule has 3 N–H and O–H groups in total. The number of thiophene rings is 1. The Morgan fingerprint density at radius 2 is 2.14 bits per heavy atom. The molecule has 0 atom stereocenters. The highest BCUT2D eigenvalue weighted by molar-refractivity contribution is 7.19. The summed E-state index contributed by atoms with van der Waals surface area (Å²) in [5, 5.41) is 3.62. The Labute approximate surface area is 130 Å². The summed E-state index contributed by atoms with van der Waals surface area (Å²) in [5.74, 6) is 0.412. The summed E-state index contributed by atoms with van der Waals surface area (Å²) < 4.78 is 10.9. The largest absolute Gasteiger partial charge is 0.486 e. The molecule has 1 amide bonds. The van der Waals surface area contributed by atoms with E-state index in [9.17, 15) is 4.79 Å². The van der Waals surface area contributed by atoms with Gasteiger partial charge in [0.15, 0.2) is 5.75 Å². The number of carbonyl (C=O) groups is 1. The summed E-state index contributed by atoms with van der Waals surface area (Å²) in [6, 6.07) is 0. The van der Waals surface area contributed by atoms with E-state index in [0.29, 0.717) is 36.0 Å². The number of rotatable bonds is 8. The Morgan fingerprint density at radius 1 is 1.48 bits per heavy atom. The van der Waals surface area contributed by atoms with E-state index in [1.165, 1.54) is 11.3 Å². The number of amides is 1. The van der Waals surface area contributed by atoms with Crippen molar-refractivity contribution in [2.24, 2.45) is 0 Å². The number of nitrogens with one attached hydrogen (secondary N) is 1. The number of methoxy groups -OCH3 is 1. The van der Waals surface area contributed by atoms with Gasteiger partial charge in [0, 0.05) is 27.2 Å². The van der Waals surface area contributed by atoms with Crippen LogP contribution in [0.15, 0.2) is 0 Å². The van der Waals surface area contributed by atoms with Crippen molar-refractivity contribution in [2.75, 3.05) is 44.5 Å². The summed E-state index contributed by atoms with van der Waals surface area (Å²) in [6.45, 7) is 7.58. The second kappa shape index (κ2) is 8.09. The van der Waals surface area contributed by atoms with Gasteiger partial charge in [0.05, 0.1) is 12.7 Å². The van der Waals surface area contributed by atoms with Crippen molar-refractivity contribution in [3.8, 4) is 5.75 Å². The third-order valence-electron chi connectivity index (χ3n) is 2.76. The first kappa shape index (κ1) is 17.6. The smallest absolute Gasteiger partial charge is 0.263 e. The second-order valence-corrected chi connectivity index (χ2v) is 5.92. The van der Waals surface area contributed by atoms with Crippen LogP contribution < -0.4 is 20.7 Å². The minimum atomic E-state index is -0.167. The fourth-order valence-corrected chi connectivity index (χ4v) is 2.82. The summed E-state index contributed by atoms with van der Waals surface area (Å²) in [4.78, 5) is 14.6. The predicted molar refractivity (Wildman–Crippen MR) is 87.6 cm³/mol. The molecule has 1 aromatic heterocycles. The third kappa shape index (κ3) is 4.50. The highest BCUT2D eigenvalue weighted by atomic mass is 32.1. The summed E-state index contributed by atoms with van der Waals surface area (Å²) in [7, 11) is 3.58. The van der Waals surface area contributed by atoms with Crippen molar-refractivity contribution in [3.63, 3.8) is 0 Å². The van der Waals surface area contributed by atoms with Crippen LogP contribution in [0, 0.1) is 0 Å². The van der Waals surface area contributed by atoms with Crippen molar-refractivity contribution in [1.29, 1.82) is 0 Å². The number of carbonyl (C=O) groups excluding carboxylic acids is 1. The molecule has 1 heterocycles. The van der Waals surface area contributed by atoms with Crippen LogP contribution in [0.2, 0.25) is 0 Å². The van der Waals surface area contributed by atoms with Gasteiger partial charge in [-0.15, -0.1) is 11.3 Å². The third-order valence-corrected chi connectivity index (χ3v) is 4.06. The first-order valence-corrected chi connectivity index (χ1v) is 7.81. The Bertz CT molecular complexity index is 474. The number of ether oxygens (including phenoxy) is 2. The number of hydrogen-bond acceptors (Lipinski definition) is 6. The topological polar surface area (TPSA) is 76.8 Å². The number of nitrogen functional groups attached to an aromatic ring is 1. The molecule has 120 valence electrons. The van der Waals surface area contributed by atoms with E-state index in [1.54, 1.807) is 7.11 Å². The van der Waals surface area contributed by atoms with E-state index < -0.39 is 0 Å². The number of likely N-dealkylation sites (N-methyl/N-ethyl adjacent to an activating group) is 1. The van der Waals surface area contributed by atoms with Crippen LogP contribution in [0.5, 0.6) is 5.75 Å². The molecule has 0 aliphatic rings. The molecular formula is C14H25N3O3S. The lowest BCUT2D eigenvalue weighted by Crippen LogP contribution is -2.22. The lowest BCUT2D eigenvalue weighted by atomic mass is 10.3. The van der Waals surface area contributed by atoms with E-state index in [4.69, 9.17) is 15.2 Å². The highest BCUT2D eigenvalue weighted by Crippen LogP contribution is 2.44. The normalized spacial score (nSPS) is 10.8. The average molecular weight is 315 g/mol. The molecule has 0 unspecified atom stereocenters. The monoisotopic (exact) mass is 315 g/mol. The van der Waals surface area contributed by atoms with Crippen LogP contribution in [0.1, 0.15) is 30.4 Å². The zero-order valence-electron chi connectivity index (χ0n) is 13.4. The predicted octanol–water partition coefficient (Wildman–Crippen LogP) is 1.95. The van der Waals surface area contributed by atoms with E-state index in [0.717, 1.165) is 5.00 Å². The number of hydrogen-bond donors (Lipinski definition) is 2. The van der Waals surface area contributed by atoms with Gasteiger partial charge in [-0.1, -0.05) is 0 Å². The van der Waals surface area contributed by atoms with E-state index in [1.807, 2.05) is 32.7 Å². The van der Waals surface area contributed by atoms with Crippen molar-refractivity contribution < 1.29 is 14.3 Å². The van der Waals surface area contributed by atoms with Gasteiger partial charge < -0.3 is 25.4 Å². The lowest BCUT2D eigenvalue weighted by molar-refractivity contribution is 0.0960. The second-order valence-electron chi connectivity index (χ2n) is 4.92. The van der Waals surface area contributed by atoms with Crippen molar-refractivity contribution in [3.05, 3.63) is 4.88 Å². The van der Waals surface area contributed by atoms with Gasteiger partial charge in [0.25, 0.3) is 5.91 Å². The molecule has 1 aromatic rings. The molecule has 0 spiro atoms. The van der Waals surface area contributed by atoms with Crippen molar-refractivity contribution >= 4 is 27.9 Å². The zero-order valence-corrected chi connectivity index (χ0v) is 14.2. The van der Waals surface area contributed by atoms with E-state index in [2.05, 4.69) is 5.32 Å². The Kier molecular flexibility index (Phi) is 6.77. The minimum absolute atomic E-state index is 0.0152. The van der Waals surface area contributed by atoms with Crippen LogP contribution in [0.3, 0.4) is 0 Å². The Balaban J connectivity index is 3.14. The van der Waals surface area contributed by atoms with Crippen LogP contribution in [0.4, 0.5) is 10.7 Å². The quantitative estimate of drug-likeness (QED) is 0.767. The van der Waals surface area contributed by atoms with Crippen LogP contribution in [0.25, 0.3) is 0 Å². The van der Waals surface area contributed by atoms with Crippen LogP contribution >= 0.6 is 11.3 Å². The fourth-order valence-electron chi connectivity index (χ4n) is 1.76. The zero-order chi connectivity index (χ0) is 16.0. The molecule has 7 heteroatoms. The van der Waals surface area contributed by atoms with Crippen LogP contribution in [-0.4, -0.2) is 45.9 Å². The molecule has 0 saturated carbocycles. The molecule has 21 heavy (non-hydrogen) atoms. The van der Waals surface area contributed by atoms with Gasteiger partial charge in [-0.05, 0) is 20.8 Å². The molecule has 0 aromatic carbocycles. The Hall–Kier alpha value is -1.47. The Morgan fingerprint density at radius 3 is 2.67 bits per heavy atom. The van der Waals surface area contributed by atoms with Gasteiger partial charge in [0.1, 0.15) is 15.6 Å². The number of anilines is 2. The first-order valence-electron chi connectivity index (χ1n) is 6.99. The van der Waals surface area contributed by atoms with Gasteiger partial charge in [-0.3, -0.25) is 4.79 Å². The minimum Gasteiger partial charge on any atom is -0.486 e. The molecule has 6 nitrogen and oxygen atoms in total. The SMILES string of the molecule is CCNC(=O)c1sc(N(C)CCOC)c(OC(C)C)c1N. The van der Waals surface area contributed by atoms with Gasteiger partial charge >= 0.3 is 0 Å². The van der Waals surface area contributed by atoms with Gasteiger partial charge in [0.2, 0.25) is 0 Å². The molecule has 0 radical (unpaired) electrons. The molecule has 1 rings (SSSR count). The fraction of sp³-hybridized carbons (Fsp3) is 0.643. The van der Waals surface area contributed by atoms with E-state index >= 15 is 0 Å². The first-order chi connectivity index (χ1) is 9.92. The number of nitrogens with zero attached hydrogens (tertiary/aromatic N) is 1. The van der Waals surface area contributed by atoms with Gasteiger partial charge in [-0.25, -0.2) is 0 Å². The molecule has 0 fully saturated rings. The summed E-state index contributed by atoms with van der Waals surface area (Å²) in [5.41, 5.74) is 6.52. The maximum absolute atomic E-state index is 12.1. The average Bonchev–Trinajstić information content (AvgIpc) is 2.73. The van der Waals surface area contributed by atoms with Crippen LogP contribution in [-0.2, 0) is 4.74 Å². The molecule has 0 aliphatic heterocycles. The summed E-state index contributed by atoms with van der Waals surface area (Å²) >= 11 is 1.34. The van der Waals surface area contributed by atoms with Gasteiger partial charge in [-0.2, -0.15) is 0 Å². The molecular weight excluding hydrogens is 290 g/mol.